The predicted octanol–water partition coefficient (Wildman–Crippen LogP) is 4.50. The number of rotatable bonds is 5. The van der Waals surface area contributed by atoms with Crippen LogP contribution in [0.5, 0.6) is 0 Å². The highest BCUT2D eigenvalue weighted by Crippen LogP contribution is 2.42. The molecule has 0 bridgehead atoms. The summed E-state index contributed by atoms with van der Waals surface area (Å²) in [6, 6.07) is 23.3. The van der Waals surface area contributed by atoms with Crippen LogP contribution >= 0.6 is 11.6 Å². The molecule has 3 heterocycles. The highest BCUT2D eigenvalue weighted by Gasteiger charge is 2.49. The van der Waals surface area contributed by atoms with Gasteiger partial charge in [0.05, 0.1) is 0 Å². The van der Waals surface area contributed by atoms with Crippen LogP contribution in [0, 0.1) is 0 Å². The Morgan fingerprint density at radius 3 is 2.26 bits per heavy atom. The highest BCUT2D eigenvalue weighted by molar-refractivity contribution is 6.29. The maximum absolute atomic E-state index is 13.8. The third-order valence-electron chi connectivity index (χ3n) is 5.72. The number of aromatic nitrogens is 3. The first-order valence-electron chi connectivity index (χ1n) is 10.0. The molecule has 1 fully saturated rings. The molecule has 1 amide bonds. The minimum Gasteiger partial charge on any atom is -0.337 e. The fraction of sp³-hybridized carbons (Fsp3) is 0.167. The maximum Gasteiger partial charge on any atom is 0.246 e. The summed E-state index contributed by atoms with van der Waals surface area (Å²) in [7, 11) is 0. The van der Waals surface area contributed by atoms with Gasteiger partial charge in [0.25, 0.3) is 0 Å². The van der Waals surface area contributed by atoms with Crippen molar-refractivity contribution in [3.05, 3.63) is 101 Å². The van der Waals surface area contributed by atoms with Gasteiger partial charge in [-0.2, -0.15) is 4.98 Å². The first-order chi connectivity index (χ1) is 15.2. The zero-order valence-electron chi connectivity index (χ0n) is 16.6. The summed E-state index contributed by atoms with van der Waals surface area (Å²) in [4.78, 5) is 24.0. The largest absolute Gasteiger partial charge is 0.337 e. The molecule has 1 aliphatic heterocycles. The van der Waals surface area contributed by atoms with E-state index in [1.807, 2.05) is 60.7 Å². The van der Waals surface area contributed by atoms with Gasteiger partial charge >= 0.3 is 0 Å². The Morgan fingerprint density at radius 1 is 0.968 bits per heavy atom. The molecule has 0 unspecified atom stereocenters. The fourth-order valence-electron chi connectivity index (χ4n) is 4.19. The van der Waals surface area contributed by atoms with E-state index in [1.54, 1.807) is 23.2 Å². The van der Waals surface area contributed by atoms with Crippen molar-refractivity contribution in [3.63, 3.8) is 0 Å². The zero-order chi connectivity index (χ0) is 21.3. The Morgan fingerprint density at radius 2 is 1.65 bits per heavy atom. The molecule has 0 radical (unpaired) electrons. The van der Waals surface area contributed by atoms with Crippen LogP contribution in [0.2, 0.25) is 5.15 Å². The SMILES string of the molecule is O=C1N(Cc2nc(-c3ccc(Cl)nc3)no2)CCC1(c1ccccc1)c1ccccc1. The van der Waals surface area contributed by atoms with E-state index in [1.165, 1.54) is 0 Å². The number of likely N-dealkylation sites (tertiary alicyclic amines) is 1. The van der Waals surface area contributed by atoms with Crippen LogP contribution in [0.3, 0.4) is 0 Å². The first-order valence-corrected chi connectivity index (χ1v) is 10.4. The minimum absolute atomic E-state index is 0.0396. The summed E-state index contributed by atoms with van der Waals surface area (Å²) in [5.74, 6) is 0.844. The van der Waals surface area contributed by atoms with E-state index in [2.05, 4.69) is 15.1 Å². The van der Waals surface area contributed by atoms with Crippen LogP contribution in [-0.4, -0.2) is 32.5 Å². The number of carbonyl (C=O) groups is 1. The lowest BCUT2D eigenvalue weighted by Crippen LogP contribution is -2.38. The van der Waals surface area contributed by atoms with Crippen LogP contribution in [0.25, 0.3) is 11.4 Å². The molecule has 5 rings (SSSR count). The average molecular weight is 431 g/mol. The Kier molecular flexibility index (Phi) is 5.00. The van der Waals surface area contributed by atoms with Crippen LogP contribution in [0.15, 0.2) is 83.5 Å². The van der Waals surface area contributed by atoms with Crippen molar-refractivity contribution in [3.8, 4) is 11.4 Å². The van der Waals surface area contributed by atoms with E-state index < -0.39 is 5.41 Å². The van der Waals surface area contributed by atoms with Gasteiger partial charge in [-0.05, 0) is 29.7 Å². The third kappa shape index (κ3) is 3.49. The molecule has 2 aromatic carbocycles. The van der Waals surface area contributed by atoms with E-state index in [-0.39, 0.29) is 12.5 Å². The predicted molar refractivity (Wildman–Crippen MR) is 116 cm³/mol. The van der Waals surface area contributed by atoms with E-state index in [9.17, 15) is 4.79 Å². The van der Waals surface area contributed by atoms with Crippen molar-refractivity contribution in [2.45, 2.75) is 18.4 Å². The molecule has 0 spiro atoms. The van der Waals surface area contributed by atoms with Crippen molar-refractivity contribution in [1.82, 2.24) is 20.0 Å². The molecule has 6 nitrogen and oxygen atoms in total. The Bertz CT molecular complexity index is 1150. The molecule has 0 saturated carbocycles. The van der Waals surface area contributed by atoms with Gasteiger partial charge in [0.15, 0.2) is 0 Å². The van der Waals surface area contributed by atoms with Crippen molar-refractivity contribution >= 4 is 17.5 Å². The molecule has 31 heavy (non-hydrogen) atoms. The van der Waals surface area contributed by atoms with Crippen LogP contribution < -0.4 is 0 Å². The molecule has 2 aromatic heterocycles. The van der Waals surface area contributed by atoms with Crippen LogP contribution in [0.4, 0.5) is 0 Å². The summed E-state index contributed by atoms with van der Waals surface area (Å²) in [6.45, 7) is 0.858. The van der Waals surface area contributed by atoms with Gasteiger partial charge in [-0.1, -0.05) is 77.4 Å². The van der Waals surface area contributed by atoms with E-state index >= 15 is 0 Å². The second-order valence-electron chi connectivity index (χ2n) is 7.50. The molecule has 0 atom stereocenters. The number of halogens is 1. The number of hydrogen-bond acceptors (Lipinski definition) is 5. The normalized spacial score (nSPS) is 15.4. The van der Waals surface area contributed by atoms with E-state index in [0.717, 1.165) is 11.1 Å². The quantitative estimate of drug-likeness (QED) is 0.436. The topological polar surface area (TPSA) is 72.1 Å². The summed E-state index contributed by atoms with van der Waals surface area (Å²) in [6.07, 6.45) is 2.27. The Labute approximate surface area is 184 Å². The van der Waals surface area contributed by atoms with Crippen LogP contribution in [0.1, 0.15) is 23.4 Å². The number of nitrogens with zero attached hydrogens (tertiary/aromatic N) is 4. The number of amides is 1. The lowest BCUT2D eigenvalue weighted by atomic mass is 9.73. The van der Waals surface area contributed by atoms with Crippen molar-refractivity contribution in [2.24, 2.45) is 0 Å². The van der Waals surface area contributed by atoms with Gasteiger partial charge in [0.2, 0.25) is 17.6 Å². The molecular formula is C24H19ClN4O2. The average Bonchev–Trinajstić information content (AvgIpc) is 3.41. The van der Waals surface area contributed by atoms with Gasteiger partial charge < -0.3 is 9.42 Å². The van der Waals surface area contributed by atoms with Gasteiger partial charge in [0.1, 0.15) is 17.1 Å². The molecule has 1 saturated heterocycles. The summed E-state index contributed by atoms with van der Waals surface area (Å²) < 4.78 is 5.42. The Hall–Kier alpha value is -3.51. The fourth-order valence-corrected chi connectivity index (χ4v) is 4.30. The molecular weight excluding hydrogens is 412 g/mol. The molecule has 0 aliphatic carbocycles. The smallest absolute Gasteiger partial charge is 0.246 e. The minimum atomic E-state index is -0.717. The summed E-state index contributed by atoms with van der Waals surface area (Å²) >= 11 is 5.84. The number of pyridine rings is 1. The molecule has 154 valence electrons. The standard InChI is InChI=1S/C24H19ClN4O2/c25-20-12-11-17(15-26-20)22-27-21(31-28-22)16-29-14-13-24(23(29)30,18-7-3-1-4-8-18)19-9-5-2-6-10-19/h1-12,15H,13-14,16H2. The van der Waals surface area contributed by atoms with E-state index in [4.69, 9.17) is 16.1 Å². The molecule has 7 heteroatoms. The molecule has 4 aromatic rings. The van der Waals surface area contributed by atoms with Crippen molar-refractivity contribution < 1.29 is 9.32 Å². The lowest BCUT2D eigenvalue weighted by molar-refractivity contribution is -0.132. The van der Waals surface area contributed by atoms with Crippen molar-refractivity contribution in [1.29, 1.82) is 0 Å². The van der Waals surface area contributed by atoms with Crippen LogP contribution in [-0.2, 0) is 16.8 Å². The van der Waals surface area contributed by atoms with Gasteiger partial charge in [0, 0.05) is 18.3 Å². The lowest BCUT2D eigenvalue weighted by Gasteiger charge is -2.29. The summed E-state index contributed by atoms with van der Waals surface area (Å²) in [5, 5.41) is 4.43. The summed E-state index contributed by atoms with van der Waals surface area (Å²) in [5.41, 5.74) is 1.97. The van der Waals surface area contributed by atoms with E-state index in [0.29, 0.717) is 35.4 Å². The van der Waals surface area contributed by atoms with Gasteiger partial charge in [-0.3, -0.25) is 4.79 Å². The first kappa shape index (κ1) is 19.5. The Balaban J connectivity index is 1.44. The highest BCUT2D eigenvalue weighted by atomic mass is 35.5. The van der Waals surface area contributed by atoms with Gasteiger partial charge in [-0.25, -0.2) is 4.98 Å². The second-order valence-corrected chi connectivity index (χ2v) is 7.88. The second kappa shape index (κ2) is 7.96. The number of benzene rings is 2. The zero-order valence-corrected chi connectivity index (χ0v) is 17.4. The van der Waals surface area contributed by atoms with Gasteiger partial charge in [-0.15, -0.1) is 0 Å². The van der Waals surface area contributed by atoms with Crippen molar-refractivity contribution in [2.75, 3.05) is 6.54 Å². The molecule has 1 aliphatic rings. The molecule has 0 N–H and O–H groups in total. The third-order valence-corrected chi connectivity index (χ3v) is 5.95. The maximum atomic E-state index is 13.8. The monoisotopic (exact) mass is 430 g/mol. The number of hydrogen-bond donors (Lipinski definition) is 0. The number of carbonyl (C=O) groups excluding carboxylic acids is 1.